The second-order valence-corrected chi connectivity index (χ2v) is 3.42. The lowest BCUT2D eigenvalue weighted by molar-refractivity contribution is -0.117. The quantitative estimate of drug-likeness (QED) is 0.756. The summed E-state index contributed by atoms with van der Waals surface area (Å²) < 4.78 is 0. The van der Waals surface area contributed by atoms with Gasteiger partial charge in [0.25, 0.3) is 0 Å². The number of nitrogens with zero attached hydrogens (tertiary/aromatic N) is 1. The van der Waals surface area contributed by atoms with Crippen LogP contribution in [0.3, 0.4) is 0 Å². The van der Waals surface area contributed by atoms with Gasteiger partial charge >= 0.3 is 0 Å². The van der Waals surface area contributed by atoms with Gasteiger partial charge in [-0.2, -0.15) is 0 Å². The van der Waals surface area contributed by atoms with Crippen LogP contribution in [-0.4, -0.2) is 10.9 Å². The lowest BCUT2D eigenvalue weighted by Gasteiger charge is -2.05. The number of aromatic nitrogens is 1. The topological polar surface area (TPSA) is 56.0 Å². The Morgan fingerprint density at radius 2 is 2.23 bits per heavy atom. The first-order valence-electron chi connectivity index (χ1n) is 4.31. The summed E-state index contributed by atoms with van der Waals surface area (Å²) in [7, 11) is 0. The summed E-state index contributed by atoms with van der Waals surface area (Å²) in [5, 5.41) is 0. The molecule has 70 valence electrons. The van der Waals surface area contributed by atoms with Crippen molar-refractivity contribution in [2.45, 2.75) is 26.2 Å². The third-order valence-corrected chi connectivity index (χ3v) is 1.86. The van der Waals surface area contributed by atoms with Crippen molar-refractivity contribution in [3.8, 4) is 0 Å². The van der Waals surface area contributed by atoms with Crippen LogP contribution < -0.4 is 5.73 Å². The molecule has 0 saturated carbocycles. The lowest BCUT2D eigenvalue weighted by atomic mass is 10.0. The van der Waals surface area contributed by atoms with Crippen LogP contribution in [0.1, 0.15) is 30.9 Å². The molecule has 0 fully saturated rings. The molecule has 0 bridgehead atoms. The molecule has 0 aliphatic rings. The number of primary amides is 1. The summed E-state index contributed by atoms with van der Waals surface area (Å²) in [5.74, 6) is 0.114. The second kappa shape index (κ2) is 4.03. The lowest BCUT2D eigenvalue weighted by Crippen LogP contribution is -2.13. The molecule has 13 heavy (non-hydrogen) atoms. The average molecular weight is 178 g/mol. The fourth-order valence-electron chi connectivity index (χ4n) is 1.12. The maximum atomic E-state index is 10.6. The predicted molar refractivity (Wildman–Crippen MR) is 51.2 cm³/mol. The first kappa shape index (κ1) is 9.71. The Labute approximate surface area is 78.0 Å². The fraction of sp³-hybridized carbons (Fsp3) is 0.400. The predicted octanol–water partition coefficient (Wildman–Crippen LogP) is 1.23. The molecule has 1 rings (SSSR count). The van der Waals surface area contributed by atoms with Crippen molar-refractivity contribution in [3.63, 3.8) is 0 Å². The molecule has 1 aromatic rings. The molecular formula is C10H14N2O. The van der Waals surface area contributed by atoms with Crippen LogP contribution in [0.15, 0.2) is 18.5 Å². The van der Waals surface area contributed by atoms with Gasteiger partial charge in [0.15, 0.2) is 0 Å². The Morgan fingerprint density at radius 3 is 2.77 bits per heavy atom. The highest BCUT2D eigenvalue weighted by molar-refractivity contribution is 5.76. The van der Waals surface area contributed by atoms with Crippen LogP contribution in [0, 0.1) is 0 Å². The summed E-state index contributed by atoms with van der Waals surface area (Å²) >= 11 is 0. The summed E-state index contributed by atoms with van der Waals surface area (Å²) in [6, 6.07) is 1.97. The van der Waals surface area contributed by atoms with Crippen LogP contribution in [-0.2, 0) is 11.2 Å². The highest BCUT2D eigenvalue weighted by Gasteiger charge is 2.02. The van der Waals surface area contributed by atoms with Crippen molar-refractivity contribution < 1.29 is 4.79 Å². The van der Waals surface area contributed by atoms with Crippen molar-refractivity contribution >= 4 is 5.91 Å². The number of amides is 1. The first-order valence-corrected chi connectivity index (χ1v) is 4.31. The number of nitrogens with two attached hydrogens (primary N) is 1. The molecule has 0 saturated heterocycles. The molecule has 0 aliphatic carbocycles. The molecule has 3 heteroatoms. The second-order valence-electron chi connectivity index (χ2n) is 3.42. The molecule has 3 nitrogen and oxygen atoms in total. The molecule has 1 aromatic heterocycles. The smallest absolute Gasteiger partial charge is 0.221 e. The molecule has 0 spiro atoms. The van der Waals surface area contributed by atoms with Crippen LogP contribution >= 0.6 is 0 Å². The van der Waals surface area contributed by atoms with Gasteiger partial charge in [0.05, 0.1) is 6.42 Å². The number of carbonyl (C=O) groups excluding carboxylic acids is 1. The van der Waals surface area contributed by atoms with E-state index in [4.69, 9.17) is 5.73 Å². The SMILES string of the molecule is CC(C)c1cncc(CC(N)=O)c1. The first-order chi connectivity index (χ1) is 6.09. The normalized spacial score (nSPS) is 10.4. The Morgan fingerprint density at radius 1 is 1.54 bits per heavy atom. The van der Waals surface area contributed by atoms with E-state index >= 15 is 0 Å². The average Bonchev–Trinajstić information content (AvgIpc) is 2.03. The minimum Gasteiger partial charge on any atom is -0.369 e. The van der Waals surface area contributed by atoms with Gasteiger partial charge in [-0.3, -0.25) is 9.78 Å². The summed E-state index contributed by atoms with van der Waals surface area (Å²) in [6.45, 7) is 4.18. The summed E-state index contributed by atoms with van der Waals surface area (Å²) in [5.41, 5.74) is 7.11. The van der Waals surface area contributed by atoms with E-state index in [-0.39, 0.29) is 12.3 Å². The molecule has 1 heterocycles. The number of hydrogen-bond donors (Lipinski definition) is 1. The van der Waals surface area contributed by atoms with Gasteiger partial charge in [-0.25, -0.2) is 0 Å². The van der Waals surface area contributed by atoms with Crippen LogP contribution in [0.4, 0.5) is 0 Å². The number of hydrogen-bond acceptors (Lipinski definition) is 2. The molecule has 1 amide bonds. The minimum atomic E-state index is -0.317. The maximum Gasteiger partial charge on any atom is 0.221 e. The summed E-state index contributed by atoms with van der Waals surface area (Å²) in [4.78, 5) is 14.7. The van der Waals surface area contributed by atoms with E-state index in [1.807, 2.05) is 12.3 Å². The Balaban J connectivity index is 2.85. The third kappa shape index (κ3) is 2.86. The van der Waals surface area contributed by atoms with E-state index in [0.29, 0.717) is 5.92 Å². The van der Waals surface area contributed by atoms with Crippen molar-refractivity contribution in [1.29, 1.82) is 0 Å². The van der Waals surface area contributed by atoms with Gasteiger partial charge in [-0.05, 0) is 17.0 Å². The summed E-state index contributed by atoms with van der Waals surface area (Å²) in [6.07, 6.45) is 3.76. The van der Waals surface area contributed by atoms with Crippen molar-refractivity contribution in [2.75, 3.05) is 0 Å². The standard InChI is InChI=1S/C10H14N2O/c1-7(2)9-3-8(4-10(11)13)5-12-6-9/h3,5-7H,4H2,1-2H3,(H2,11,13). The largest absolute Gasteiger partial charge is 0.369 e. The molecular weight excluding hydrogens is 164 g/mol. The van der Waals surface area contributed by atoms with Crippen molar-refractivity contribution in [2.24, 2.45) is 5.73 Å². The highest BCUT2D eigenvalue weighted by atomic mass is 16.1. The Hall–Kier alpha value is -1.38. The van der Waals surface area contributed by atoms with Gasteiger partial charge in [-0.1, -0.05) is 19.9 Å². The van der Waals surface area contributed by atoms with E-state index in [2.05, 4.69) is 18.8 Å². The van der Waals surface area contributed by atoms with Crippen LogP contribution in [0.25, 0.3) is 0 Å². The zero-order valence-electron chi connectivity index (χ0n) is 7.95. The fourth-order valence-corrected chi connectivity index (χ4v) is 1.12. The Bertz CT molecular complexity index is 308. The van der Waals surface area contributed by atoms with Gasteiger partial charge in [0.1, 0.15) is 0 Å². The van der Waals surface area contributed by atoms with Gasteiger partial charge in [0.2, 0.25) is 5.91 Å². The van der Waals surface area contributed by atoms with E-state index < -0.39 is 0 Å². The molecule has 0 aromatic carbocycles. The molecule has 0 radical (unpaired) electrons. The highest BCUT2D eigenvalue weighted by Crippen LogP contribution is 2.13. The zero-order chi connectivity index (χ0) is 9.84. The van der Waals surface area contributed by atoms with Gasteiger partial charge < -0.3 is 5.73 Å². The van der Waals surface area contributed by atoms with E-state index in [0.717, 1.165) is 11.1 Å². The van der Waals surface area contributed by atoms with Crippen LogP contribution in [0.5, 0.6) is 0 Å². The van der Waals surface area contributed by atoms with E-state index in [9.17, 15) is 4.79 Å². The van der Waals surface area contributed by atoms with Crippen LogP contribution in [0.2, 0.25) is 0 Å². The zero-order valence-corrected chi connectivity index (χ0v) is 7.95. The third-order valence-electron chi connectivity index (χ3n) is 1.86. The van der Waals surface area contributed by atoms with E-state index in [1.54, 1.807) is 6.20 Å². The molecule has 2 N–H and O–H groups in total. The molecule has 0 unspecified atom stereocenters. The van der Waals surface area contributed by atoms with E-state index in [1.165, 1.54) is 0 Å². The molecule has 0 atom stereocenters. The molecule has 0 aliphatic heterocycles. The van der Waals surface area contributed by atoms with Gasteiger partial charge in [-0.15, -0.1) is 0 Å². The number of rotatable bonds is 3. The monoisotopic (exact) mass is 178 g/mol. The maximum absolute atomic E-state index is 10.6. The Kier molecular flexibility index (Phi) is 3.01. The van der Waals surface area contributed by atoms with Gasteiger partial charge in [0, 0.05) is 12.4 Å². The van der Waals surface area contributed by atoms with Crippen molar-refractivity contribution in [3.05, 3.63) is 29.6 Å². The number of carbonyl (C=O) groups is 1. The minimum absolute atomic E-state index is 0.271. The van der Waals surface area contributed by atoms with Crippen molar-refractivity contribution in [1.82, 2.24) is 4.98 Å². The number of pyridine rings is 1.